The molecule has 0 saturated carbocycles. The molecule has 0 heterocycles. The van der Waals surface area contributed by atoms with Crippen LogP contribution < -0.4 is 5.73 Å². The van der Waals surface area contributed by atoms with Gasteiger partial charge in [0.15, 0.2) is 0 Å². The molecule has 17 heavy (non-hydrogen) atoms. The van der Waals surface area contributed by atoms with Crippen molar-refractivity contribution in [2.75, 3.05) is 26.4 Å². The zero-order chi connectivity index (χ0) is 13.1. The lowest BCUT2D eigenvalue weighted by Crippen LogP contribution is -2.42. The summed E-state index contributed by atoms with van der Waals surface area (Å²) >= 11 is 0. The van der Waals surface area contributed by atoms with Gasteiger partial charge in [-0.2, -0.15) is 0 Å². The molecular formula is C13H29NO3. The number of aliphatic hydroxyl groups excluding tert-OH is 1. The third-order valence-corrected chi connectivity index (χ3v) is 3.20. The van der Waals surface area contributed by atoms with E-state index < -0.39 is 6.10 Å². The molecule has 104 valence electrons. The van der Waals surface area contributed by atoms with Gasteiger partial charge in [0, 0.05) is 13.2 Å². The van der Waals surface area contributed by atoms with Crippen LogP contribution in [0.4, 0.5) is 0 Å². The van der Waals surface area contributed by atoms with E-state index in [0.717, 1.165) is 25.7 Å². The van der Waals surface area contributed by atoms with Gasteiger partial charge in [0.25, 0.3) is 0 Å². The first-order valence-electron chi connectivity index (χ1n) is 6.74. The van der Waals surface area contributed by atoms with Gasteiger partial charge in [0.1, 0.15) is 6.10 Å². The fourth-order valence-electron chi connectivity index (χ4n) is 1.59. The molecule has 4 nitrogen and oxygen atoms in total. The van der Waals surface area contributed by atoms with E-state index in [1.807, 2.05) is 0 Å². The van der Waals surface area contributed by atoms with E-state index in [9.17, 15) is 5.11 Å². The molecule has 0 spiro atoms. The topological polar surface area (TPSA) is 64.7 Å². The number of hydrogen-bond donors (Lipinski definition) is 2. The summed E-state index contributed by atoms with van der Waals surface area (Å²) in [6, 6.07) is 0. The van der Waals surface area contributed by atoms with Crippen molar-refractivity contribution >= 4 is 0 Å². The van der Waals surface area contributed by atoms with Crippen molar-refractivity contribution in [1.29, 1.82) is 0 Å². The number of hydrogen-bond acceptors (Lipinski definition) is 4. The van der Waals surface area contributed by atoms with Crippen LogP contribution in [0.3, 0.4) is 0 Å². The van der Waals surface area contributed by atoms with Crippen molar-refractivity contribution in [3.63, 3.8) is 0 Å². The molecule has 3 N–H and O–H groups in total. The molecule has 0 aromatic carbocycles. The van der Waals surface area contributed by atoms with E-state index in [0.29, 0.717) is 26.4 Å². The lowest BCUT2D eigenvalue weighted by atomic mass is 9.97. The van der Waals surface area contributed by atoms with Gasteiger partial charge in [-0.05, 0) is 19.3 Å². The van der Waals surface area contributed by atoms with Crippen LogP contribution in [0.15, 0.2) is 0 Å². The molecular weight excluding hydrogens is 218 g/mol. The van der Waals surface area contributed by atoms with Gasteiger partial charge in [-0.25, -0.2) is 0 Å². The van der Waals surface area contributed by atoms with Gasteiger partial charge in [-0.1, -0.05) is 27.2 Å². The summed E-state index contributed by atoms with van der Waals surface area (Å²) in [5, 5.41) is 9.71. The normalized spacial score (nSPS) is 13.9. The third kappa shape index (κ3) is 6.99. The molecule has 0 aliphatic heterocycles. The molecule has 0 aliphatic rings. The van der Waals surface area contributed by atoms with Gasteiger partial charge in [0.05, 0.1) is 18.8 Å². The Hall–Kier alpha value is -0.160. The van der Waals surface area contributed by atoms with Crippen LogP contribution in [0.25, 0.3) is 0 Å². The molecule has 0 aromatic rings. The van der Waals surface area contributed by atoms with E-state index in [1.54, 1.807) is 0 Å². The van der Waals surface area contributed by atoms with Crippen LogP contribution in [0, 0.1) is 0 Å². The fraction of sp³-hybridized carbons (Fsp3) is 1.00. The fourth-order valence-corrected chi connectivity index (χ4v) is 1.59. The lowest BCUT2D eigenvalue weighted by molar-refractivity contribution is -0.0946. The molecule has 0 bridgehead atoms. The highest BCUT2D eigenvalue weighted by atomic mass is 16.5. The zero-order valence-electron chi connectivity index (χ0n) is 11.6. The Bertz CT molecular complexity index is 164. The maximum atomic E-state index is 9.71. The van der Waals surface area contributed by atoms with Gasteiger partial charge in [-0.15, -0.1) is 0 Å². The second-order valence-electron chi connectivity index (χ2n) is 4.49. The SMILES string of the molecule is CCCCOCC(O)COC(CC)(CC)CN. The summed E-state index contributed by atoms with van der Waals surface area (Å²) in [4.78, 5) is 0. The van der Waals surface area contributed by atoms with Crippen molar-refractivity contribution in [3.05, 3.63) is 0 Å². The molecule has 1 unspecified atom stereocenters. The van der Waals surface area contributed by atoms with Gasteiger partial charge >= 0.3 is 0 Å². The van der Waals surface area contributed by atoms with E-state index in [1.165, 1.54) is 0 Å². The van der Waals surface area contributed by atoms with Crippen molar-refractivity contribution in [3.8, 4) is 0 Å². The third-order valence-electron chi connectivity index (χ3n) is 3.20. The summed E-state index contributed by atoms with van der Waals surface area (Å²) in [6.45, 7) is 8.06. The second-order valence-corrected chi connectivity index (χ2v) is 4.49. The molecule has 0 aromatic heterocycles. The number of aliphatic hydroxyl groups is 1. The average Bonchev–Trinajstić information content (AvgIpc) is 2.37. The highest BCUT2D eigenvalue weighted by molar-refractivity contribution is 4.79. The Morgan fingerprint density at radius 2 is 1.82 bits per heavy atom. The number of nitrogens with two attached hydrogens (primary N) is 1. The van der Waals surface area contributed by atoms with Gasteiger partial charge in [-0.3, -0.25) is 0 Å². The first kappa shape index (κ1) is 16.8. The Labute approximate surface area is 105 Å². The summed E-state index contributed by atoms with van der Waals surface area (Å²) < 4.78 is 11.1. The van der Waals surface area contributed by atoms with Crippen LogP contribution in [0.5, 0.6) is 0 Å². The van der Waals surface area contributed by atoms with Crippen LogP contribution >= 0.6 is 0 Å². The molecule has 0 radical (unpaired) electrons. The summed E-state index contributed by atoms with van der Waals surface area (Å²) in [5.41, 5.74) is 5.43. The van der Waals surface area contributed by atoms with Crippen LogP contribution in [0.1, 0.15) is 46.5 Å². The molecule has 0 aliphatic carbocycles. The lowest BCUT2D eigenvalue weighted by Gasteiger charge is -2.31. The Kier molecular flexibility index (Phi) is 9.74. The second kappa shape index (κ2) is 9.83. The van der Waals surface area contributed by atoms with Crippen LogP contribution in [0.2, 0.25) is 0 Å². The molecule has 0 fully saturated rings. The van der Waals surface area contributed by atoms with E-state index in [4.69, 9.17) is 15.2 Å². The van der Waals surface area contributed by atoms with Crippen LogP contribution in [-0.2, 0) is 9.47 Å². The zero-order valence-corrected chi connectivity index (χ0v) is 11.6. The van der Waals surface area contributed by atoms with E-state index in [2.05, 4.69) is 20.8 Å². The highest BCUT2D eigenvalue weighted by Gasteiger charge is 2.25. The quantitative estimate of drug-likeness (QED) is 0.545. The molecule has 0 rings (SSSR count). The van der Waals surface area contributed by atoms with Crippen molar-refractivity contribution in [2.24, 2.45) is 5.73 Å². The predicted octanol–water partition coefficient (Wildman–Crippen LogP) is 1.70. The van der Waals surface area contributed by atoms with E-state index in [-0.39, 0.29) is 5.60 Å². The first-order valence-corrected chi connectivity index (χ1v) is 6.74. The Morgan fingerprint density at radius 1 is 1.18 bits per heavy atom. The largest absolute Gasteiger partial charge is 0.388 e. The number of unbranched alkanes of at least 4 members (excludes halogenated alkanes) is 1. The summed E-state index contributed by atoms with van der Waals surface area (Å²) in [7, 11) is 0. The number of rotatable bonds is 11. The minimum Gasteiger partial charge on any atom is -0.388 e. The van der Waals surface area contributed by atoms with Crippen molar-refractivity contribution in [1.82, 2.24) is 0 Å². The average molecular weight is 247 g/mol. The minimum atomic E-state index is -0.559. The highest BCUT2D eigenvalue weighted by Crippen LogP contribution is 2.19. The maximum absolute atomic E-state index is 9.71. The standard InChI is InChI=1S/C13H29NO3/c1-4-7-8-16-9-12(15)10-17-13(5-2,6-3)11-14/h12,15H,4-11,14H2,1-3H3. The molecule has 1 atom stereocenters. The monoisotopic (exact) mass is 247 g/mol. The Balaban J connectivity index is 3.76. The van der Waals surface area contributed by atoms with Gasteiger partial charge in [0.2, 0.25) is 0 Å². The predicted molar refractivity (Wildman–Crippen MR) is 70.1 cm³/mol. The van der Waals surface area contributed by atoms with Crippen LogP contribution in [-0.4, -0.2) is 43.2 Å². The molecule has 0 amide bonds. The smallest absolute Gasteiger partial charge is 0.101 e. The van der Waals surface area contributed by atoms with Crippen molar-refractivity contribution < 1.29 is 14.6 Å². The minimum absolute atomic E-state index is 0.287. The van der Waals surface area contributed by atoms with Crippen molar-refractivity contribution in [2.45, 2.75) is 58.2 Å². The van der Waals surface area contributed by atoms with E-state index >= 15 is 0 Å². The maximum Gasteiger partial charge on any atom is 0.101 e. The molecule has 0 saturated heterocycles. The summed E-state index contributed by atoms with van der Waals surface area (Å²) in [5.74, 6) is 0. The molecule has 4 heteroatoms. The van der Waals surface area contributed by atoms with Gasteiger partial charge < -0.3 is 20.3 Å². The first-order chi connectivity index (χ1) is 8.14. The number of ether oxygens (including phenoxy) is 2. The summed E-state index contributed by atoms with van der Waals surface area (Å²) in [6.07, 6.45) is 3.31. The Morgan fingerprint density at radius 3 is 2.29 bits per heavy atom.